The van der Waals surface area contributed by atoms with Crippen LogP contribution in [0.5, 0.6) is 0 Å². The Hall–Kier alpha value is -2.62. The molecule has 4 nitrogen and oxygen atoms in total. The van der Waals surface area contributed by atoms with Gasteiger partial charge in [0.2, 0.25) is 0 Å². The van der Waals surface area contributed by atoms with E-state index >= 15 is 0 Å². The average molecular weight is 308 g/mol. The lowest BCUT2D eigenvalue weighted by atomic mass is 9.87. The Kier molecular flexibility index (Phi) is 3.90. The minimum atomic E-state index is -0.546. The molecule has 0 aliphatic carbocycles. The highest BCUT2D eigenvalue weighted by molar-refractivity contribution is 5.80. The van der Waals surface area contributed by atoms with Crippen molar-refractivity contribution >= 4 is 0 Å². The number of hydrogen-bond donors (Lipinski definition) is 1. The number of rotatable bonds is 3. The molecular weight excluding hydrogens is 288 g/mol. The van der Waals surface area contributed by atoms with Gasteiger partial charge in [0.25, 0.3) is 0 Å². The van der Waals surface area contributed by atoms with E-state index in [0.717, 1.165) is 23.1 Å². The zero-order chi connectivity index (χ0) is 16.4. The van der Waals surface area contributed by atoms with Crippen molar-refractivity contribution < 1.29 is 4.52 Å². The van der Waals surface area contributed by atoms with Crippen LogP contribution in [0, 0.1) is 5.41 Å². The van der Waals surface area contributed by atoms with E-state index in [4.69, 9.17) is 0 Å². The van der Waals surface area contributed by atoms with Gasteiger partial charge in [0.1, 0.15) is 0 Å². The van der Waals surface area contributed by atoms with Gasteiger partial charge in [-0.05, 0) is 28.5 Å². The van der Waals surface area contributed by atoms with Crippen molar-refractivity contribution in [3.8, 4) is 22.5 Å². The second-order valence-corrected chi connectivity index (χ2v) is 6.92. The molecule has 0 atom stereocenters. The van der Waals surface area contributed by atoms with Crippen molar-refractivity contribution in [1.82, 2.24) is 10.1 Å². The second-order valence-electron chi connectivity index (χ2n) is 6.92. The molecule has 118 valence electrons. The number of aromatic amines is 1. The highest BCUT2D eigenvalue weighted by Crippen LogP contribution is 2.30. The van der Waals surface area contributed by atoms with E-state index < -0.39 is 5.76 Å². The molecule has 0 fully saturated rings. The quantitative estimate of drug-likeness (QED) is 0.785. The third kappa shape index (κ3) is 3.59. The number of nitrogens with zero attached hydrogens (tertiary/aromatic N) is 1. The molecular formula is C19H20N2O2. The van der Waals surface area contributed by atoms with Crippen molar-refractivity contribution in [2.24, 2.45) is 5.41 Å². The van der Waals surface area contributed by atoms with Gasteiger partial charge in [-0.2, -0.15) is 0 Å². The monoisotopic (exact) mass is 308 g/mol. The van der Waals surface area contributed by atoms with Crippen molar-refractivity contribution in [3.05, 3.63) is 64.6 Å². The van der Waals surface area contributed by atoms with Gasteiger partial charge in [-0.3, -0.25) is 9.51 Å². The Labute approximate surface area is 135 Å². The van der Waals surface area contributed by atoms with Crippen LogP contribution >= 0.6 is 0 Å². The lowest BCUT2D eigenvalue weighted by Crippen LogP contribution is -2.08. The van der Waals surface area contributed by atoms with Crippen LogP contribution in [0.25, 0.3) is 22.5 Å². The molecule has 1 N–H and O–H groups in total. The number of nitrogens with one attached hydrogen (secondary N) is 1. The molecule has 0 aliphatic heterocycles. The van der Waals surface area contributed by atoms with Gasteiger partial charge in [-0.15, -0.1) is 0 Å². The normalized spacial score (nSPS) is 11.6. The molecule has 0 bridgehead atoms. The third-order valence-corrected chi connectivity index (χ3v) is 3.62. The van der Waals surface area contributed by atoms with Crippen LogP contribution in [0.2, 0.25) is 0 Å². The van der Waals surface area contributed by atoms with Gasteiger partial charge in [-0.1, -0.05) is 74.5 Å². The standard InChI is InChI=1S/C19H20N2O2/c1-19(2,3)12-13-8-10-14(11-9-13)15-6-4-5-7-16(15)17-20-18(22)23-21-17/h4-11H,12H2,1-3H3,(H,20,21,22). The van der Waals surface area contributed by atoms with Crippen LogP contribution in [0.15, 0.2) is 57.8 Å². The molecule has 0 aliphatic rings. The number of aromatic nitrogens is 2. The molecule has 4 heteroatoms. The lowest BCUT2D eigenvalue weighted by Gasteiger charge is -2.18. The van der Waals surface area contributed by atoms with Crippen LogP contribution in [0.4, 0.5) is 0 Å². The first kappa shape index (κ1) is 15.3. The van der Waals surface area contributed by atoms with Gasteiger partial charge < -0.3 is 0 Å². The first-order chi connectivity index (χ1) is 10.9. The maximum Gasteiger partial charge on any atom is 0.439 e. The summed E-state index contributed by atoms with van der Waals surface area (Å²) in [4.78, 5) is 13.8. The maximum absolute atomic E-state index is 11.2. The van der Waals surface area contributed by atoms with Gasteiger partial charge >= 0.3 is 5.76 Å². The zero-order valence-electron chi connectivity index (χ0n) is 13.6. The van der Waals surface area contributed by atoms with Gasteiger partial charge in [0.05, 0.1) is 0 Å². The summed E-state index contributed by atoms with van der Waals surface area (Å²) in [5.41, 5.74) is 4.52. The van der Waals surface area contributed by atoms with Crippen LogP contribution in [-0.4, -0.2) is 10.1 Å². The molecule has 0 spiro atoms. The van der Waals surface area contributed by atoms with Crippen LogP contribution in [-0.2, 0) is 6.42 Å². The van der Waals surface area contributed by atoms with Gasteiger partial charge in [0, 0.05) is 5.56 Å². The summed E-state index contributed by atoms with van der Waals surface area (Å²) < 4.78 is 4.62. The molecule has 0 unspecified atom stereocenters. The summed E-state index contributed by atoms with van der Waals surface area (Å²) in [5.74, 6) is -0.0975. The molecule has 3 rings (SSSR count). The fraction of sp³-hybridized carbons (Fsp3) is 0.263. The highest BCUT2D eigenvalue weighted by atomic mass is 16.5. The zero-order valence-corrected chi connectivity index (χ0v) is 13.6. The molecule has 2 aromatic carbocycles. The summed E-state index contributed by atoms with van der Waals surface area (Å²) in [5, 5.41) is 3.80. The van der Waals surface area contributed by atoms with E-state index in [9.17, 15) is 4.79 Å². The SMILES string of the molecule is CC(C)(C)Cc1ccc(-c2ccccc2-c2noc(=O)[nH]2)cc1. The van der Waals surface area contributed by atoms with Gasteiger partial charge in [0.15, 0.2) is 5.82 Å². The topological polar surface area (TPSA) is 58.9 Å². The average Bonchev–Trinajstić information content (AvgIpc) is 2.93. The van der Waals surface area contributed by atoms with E-state index in [1.165, 1.54) is 5.56 Å². The predicted molar refractivity (Wildman–Crippen MR) is 91.2 cm³/mol. The Morgan fingerprint density at radius 3 is 2.22 bits per heavy atom. The molecule has 0 radical (unpaired) electrons. The van der Waals surface area contributed by atoms with Crippen molar-refractivity contribution in [2.45, 2.75) is 27.2 Å². The lowest BCUT2D eigenvalue weighted by molar-refractivity contribution is 0.388. The summed E-state index contributed by atoms with van der Waals surface area (Å²) in [6, 6.07) is 16.4. The largest absolute Gasteiger partial charge is 0.439 e. The van der Waals surface area contributed by atoms with E-state index in [-0.39, 0.29) is 5.41 Å². The summed E-state index contributed by atoms with van der Waals surface area (Å²) >= 11 is 0. The van der Waals surface area contributed by atoms with Crippen molar-refractivity contribution in [3.63, 3.8) is 0 Å². The molecule has 3 aromatic rings. The highest BCUT2D eigenvalue weighted by Gasteiger charge is 2.13. The first-order valence-corrected chi connectivity index (χ1v) is 7.67. The van der Waals surface area contributed by atoms with Crippen molar-refractivity contribution in [1.29, 1.82) is 0 Å². The number of benzene rings is 2. The van der Waals surface area contributed by atoms with E-state index in [2.05, 4.69) is 59.7 Å². The summed E-state index contributed by atoms with van der Waals surface area (Å²) in [6.45, 7) is 6.70. The maximum atomic E-state index is 11.2. The van der Waals surface area contributed by atoms with Gasteiger partial charge in [-0.25, -0.2) is 4.79 Å². The Morgan fingerprint density at radius 1 is 1.00 bits per heavy atom. The van der Waals surface area contributed by atoms with Crippen LogP contribution in [0.3, 0.4) is 0 Å². The number of H-pyrrole nitrogens is 1. The molecule has 0 saturated carbocycles. The second kappa shape index (κ2) is 5.88. The summed E-state index contributed by atoms with van der Waals surface area (Å²) in [6.07, 6.45) is 1.03. The molecule has 1 aromatic heterocycles. The fourth-order valence-electron chi connectivity index (χ4n) is 2.70. The van der Waals surface area contributed by atoms with E-state index in [0.29, 0.717) is 5.82 Å². The molecule has 1 heterocycles. The van der Waals surface area contributed by atoms with Crippen LogP contribution in [0.1, 0.15) is 26.3 Å². The Morgan fingerprint density at radius 2 is 1.65 bits per heavy atom. The Balaban J connectivity index is 1.98. The Bertz CT molecular complexity index is 852. The molecule has 0 saturated heterocycles. The molecule has 23 heavy (non-hydrogen) atoms. The molecule has 0 amide bonds. The van der Waals surface area contributed by atoms with E-state index in [1.54, 1.807) is 0 Å². The minimum Gasteiger partial charge on any atom is -0.296 e. The van der Waals surface area contributed by atoms with Crippen LogP contribution < -0.4 is 5.76 Å². The smallest absolute Gasteiger partial charge is 0.296 e. The van der Waals surface area contributed by atoms with Crippen molar-refractivity contribution in [2.75, 3.05) is 0 Å². The fourth-order valence-corrected chi connectivity index (χ4v) is 2.70. The summed E-state index contributed by atoms with van der Waals surface area (Å²) in [7, 11) is 0. The third-order valence-electron chi connectivity index (χ3n) is 3.62. The first-order valence-electron chi connectivity index (χ1n) is 7.67. The van der Waals surface area contributed by atoms with E-state index in [1.807, 2.05) is 24.3 Å². The number of hydrogen-bond acceptors (Lipinski definition) is 3. The minimum absolute atomic E-state index is 0.264. The predicted octanol–water partition coefficient (Wildman–Crippen LogP) is 4.29.